The Morgan fingerprint density at radius 1 is 1.50 bits per heavy atom. The van der Waals surface area contributed by atoms with E-state index in [0.717, 1.165) is 18.4 Å². The van der Waals surface area contributed by atoms with Crippen molar-refractivity contribution in [3.05, 3.63) is 0 Å². The number of hydrogen-bond acceptors (Lipinski definition) is 2. The minimum atomic E-state index is 0.0827. The second-order valence-electron chi connectivity index (χ2n) is 5.81. The van der Waals surface area contributed by atoms with E-state index in [-0.39, 0.29) is 5.54 Å². The smallest absolute Gasteiger partial charge is 0.0267 e. The fourth-order valence-electron chi connectivity index (χ4n) is 2.80. The zero-order valence-electron chi connectivity index (χ0n) is 9.63. The SMILES string of the molecule is CC(CN1CCC(C)(N)C1)C1CCC1. The van der Waals surface area contributed by atoms with Gasteiger partial charge in [0, 0.05) is 25.2 Å². The summed E-state index contributed by atoms with van der Waals surface area (Å²) in [7, 11) is 0. The Morgan fingerprint density at radius 3 is 2.64 bits per heavy atom. The molecule has 2 aliphatic rings. The molecule has 2 nitrogen and oxygen atoms in total. The fourth-order valence-corrected chi connectivity index (χ4v) is 2.80. The lowest BCUT2D eigenvalue weighted by Crippen LogP contribution is -2.40. The van der Waals surface area contributed by atoms with E-state index in [0.29, 0.717) is 0 Å². The van der Waals surface area contributed by atoms with Crippen molar-refractivity contribution in [1.82, 2.24) is 4.90 Å². The van der Waals surface area contributed by atoms with E-state index < -0.39 is 0 Å². The average Bonchev–Trinajstić information content (AvgIpc) is 2.25. The maximum Gasteiger partial charge on any atom is 0.0267 e. The van der Waals surface area contributed by atoms with Gasteiger partial charge in [0.15, 0.2) is 0 Å². The molecule has 0 amide bonds. The van der Waals surface area contributed by atoms with E-state index in [2.05, 4.69) is 18.7 Å². The first-order chi connectivity index (χ1) is 6.57. The van der Waals surface area contributed by atoms with Crippen molar-refractivity contribution in [1.29, 1.82) is 0 Å². The zero-order valence-corrected chi connectivity index (χ0v) is 9.63. The molecule has 1 saturated heterocycles. The summed E-state index contributed by atoms with van der Waals surface area (Å²) in [6.07, 6.45) is 5.57. The highest BCUT2D eigenvalue weighted by molar-refractivity contribution is 4.91. The molecule has 1 saturated carbocycles. The van der Waals surface area contributed by atoms with Crippen LogP contribution in [-0.4, -0.2) is 30.1 Å². The van der Waals surface area contributed by atoms with Gasteiger partial charge in [0.05, 0.1) is 0 Å². The van der Waals surface area contributed by atoms with E-state index in [1.54, 1.807) is 0 Å². The molecule has 1 aliphatic heterocycles. The van der Waals surface area contributed by atoms with Crippen molar-refractivity contribution in [3.8, 4) is 0 Å². The molecule has 0 spiro atoms. The number of likely N-dealkylation sites (tertiary alicyclic amines) is 1. The number of nitrogens with zero attached hydrogens (tertiary/aromatic N) is 1. The molecular weight excluding hydrogens is 172 g/mol. The zero-order chi connectivity index (χ0) is 10.2. The number of hydrogen-bond donors (Lipinski definition) is 1. The molecule has 82 valence electrons. The van der Waals surface area contributed by atoms with Gasteiger partial charge in [-0.25, -0.2) is 0 Å². The van der Waals surface area contributed by atoms with Gasteiger partial charge in [0.2, 0.25) is 0 Å². The van der Waals surface area contributed by atoms with Crippen LogP contribution in [0.5, 0.6) is 0 Å². The summed E-state index contributed by atoms with van der Waals surface area (Å²) in [5.74, 6) is 1.90. The largest absolute Gasteiger partial charge is 0.324 e. The third kappa shape index (κ3) is 2.29. The van der Waals surface area contributed by atoms with Crippen LogP contribution >= 0.6 is 0 Å². The summed E-state index contributed by atoms with van der Waals surface area (Å²) in [4.78, 5) is 2.56. The third-order valence-electron chi connectivity index (χ3n) is 4.08. The Morgan fingerprint density at radius 2 is 2.21 bits per heavy atom. The Balaban J connectivity index is 1.75. The maximum absolute atomic E-state index is 6.12. The molecule has 14 heavy (non-hydrogen) atoms. The lowest BCUT2D eigenvalue weighted by atomic mass is 9.76. The molecule has 2 fully saturated rings. The van der Waals surface area contributed by atoms with E-state index >= 15 is 0 Å². The standard InChI is InChI=1S/C12H24N2/c1-10(11-4-3-5-11)8-14-7-6-12(2,13)9-14/h10-11H,3-9,13H2,1-2H3. The van der Waals surface area contributed by atoms with Crippen LogP contribution < -0.4 is 5.73 Å². The second kappa shape index (κ2) is 3.82. The predicted molar refractivity (Wildman–Crippen MR) is 60.2 cm³/mol. The highest BCUT2D eigenvalue weighted by atomic mass is 15.2. The Kier molecular flexibility index (Phi) is 2.85. The molecule has 0 radical (unpaired) electrons. The summed E-state index contributed by atoms with van der Waals surface area (Å²) in [6, 6.07) is 0. The quantitative estimate of drug-likeness (QED) is 0.746. The maximum atomic E-state index is 6.12. The minimum Gasteiger partial charge on any atom is -0.324 e. The van der Waals surface area contributed by atoms with Crippen molar-refractivity contribution in [2.24, 2.45) is 17.6 Å². The van der Waals surface area contributed by atoms with Crippen LogP contribution in [0, 0.1) is 11.8 Å². The van der Waals surface area contributed by atoms with Gasteiger partial charge in [-0.3, -0.25) is 0 Å². The summed E-state index contributed by atoms with van der Waals surface area (Å²) in [6.45, 7) is 8.18. The van der Waals surface area contributed by atoms with Gasteiger partial charge in [-0.15, -0.1) is 0 Å². The monoisotopic (exact) mass is 196 g/mol. The van der Waals surface area contributed by atoms with Crippen LogP contribution in [0.1, 0.15) is 39.5 Å². The van der Waals surface area contributed by atoms with Gasteiger partial charge < -0.3 is 10.6 Å². The van der Waals surface area contributed by atoms with E-state index in [9.17, 15) is 0 Å². The topological polar surface area (TPSA) is 29.3 Å². The lowest BCUT2D eigenvalue weighted by Gasteiger charge is -2.34. The van der Waals surface area contributed by atoms with E-state index in [1.807, 2.05) is 0 Å². The minimum absolute atomic E-state index is 0.0827. The number of rotatable bonds is 3. The lowest BCUT2D eigenvalue weighted by molar-refractivity contribution is 0.164. The van der Waals surface area contributed by atoms with Gasteiger partial charge in [-0.05, 0) is 25.2 Å². The third-order valence-corrected chi connectivity index (χ3v) is 4.08. The summed E-state index contributed by atoms with van der Waals surface area (Å²) < 4.78 is 0. The first-order valence-corrected chi connectivity index (χ1v) is 6.08. The van der Waals surface area contributed by atoms with Crippen LogP contribution in [0.3, 0.4) is 0 Å². The molecule has 1 heterocycles. The summed E-state index contributed by atoms with van der Waals surface area (Å²) in [5.41, 5.74) is 6.21. The first-order valence-electron chi connectivity index (χ1n) is 6.08. The molecule has 2 unspecified atom stereocenters. The van der Waals surface area contributed by atoms with Gasteiger partial charge in [-0.2, -0.15) is 0 Å². The molecule has 2 heteroatoms. The normalized spacial score (nSPS) is 37.1. The molecule has 0 bridgehead atoms. The van der Waals surface area contributed by atoms with Crippen LogP contribution in [0.2, 0.25) is 0 Å². The van der Waals surface area contributed by atoms with Crippen molar-refractivity contribution < 1.29 is 0 Å². The van der Waals surface area contributed by atoms with Crippen LogP contribution in [0.15, 0.2) is 0 Å². The second-order valence-corrected chi connectivity index (χ2v) is 5.81. The van der Waals surface area contributed by atoms with Crippen molar-refractivity contribution in [2.75, 3.05) is 19.6 Å². The number of nitrogens with two attached hydrogens (primary N) is 1. The Bertz CT molecular complexity index is 196. The van der Waals surface area contributed by atoms with Crippen LogP contribution in [0.4, 0.5) is 0 Å². The van der Waals surface area contributed by atoms with Gasteiger partial charge in [-0.1, -0.05) is 26.2 Å². The average molecular weight is 196 g/mol. The molecule has 0 aromatic carbocycles. The molecular formula is C12H24N2. The predicted octanol–water partition coefficient (Wildman–Crippen LogP) is 1.85. The van der Waals surface area contributed by atoms with E-state index in [1.165, 1.54) is 38.8 Å². The Hall–Kier alpha value is -0.0800. The highest BCUT2D eigenvalue weighted by Crippen LogP contribution is 2.34. The van der Waals surface area contributed by atoms with Gasteiger partial charge >= 0.3 is 0 Å². The van der Waals surface area contributed by atoms with Crippen molar-refractivity contribution in [3.63, 3.8) is 0 Å². The van der Waals surface area contributed by atoms with Crippen molar-refractivity contribution in [2.45, 2.75) is 45.1 Å². The molecule has 2 atom stereocenters. The van der Waals surface area contributed by atoms with Gasteiger partial charge in [0.1, 0.15) is 0 Å². The fraction of sp³-hybridized carbons (Fsp3) is 1.00. The highest BCUT2D eigenvalue weighted by Gasteiger charge is 2.32. The van der Waals surface area contributed by atoms with E-state index in [4.69, 9.17) is 5.73 Å². The molecule has 0 aromatic heterocycles. The molecule has 2 N–H and O–H groups in total. The van der Waals surface area contributed by atoms with Crippen molar-refractivity contribution >= 4 is 0 Å². The van der Waals surface area contributed by atoms with Crippen LogP contribution in [-0.2, 0) is 0 Å². The summed E-state index contributed by atoms with van der Waals surface area (Å²) in [5, 5.41) is 0. The molecule has 1 aliphatic carbocycles. The first kappa shape index (κ1) is 10.4. The molecule has 2 rings (SSSR count). The van der Waals surface area contributed by atoms with Gasteiger partial charge in [0.25, 0.3) is 0 Å². The Labute approximate surface area is 87.8 Å². The molecule has 0 aromatic rings. The van der Waals surface area contributed by atoms with Crippen LogP contribution in [0.25, 0.3) is 0 Å². The summed E-state index contributed by atoms with van der Waals surface area (Å²) >= 11 is 0.